The first-order valence-electron chi connectivity index (χ1n) is 6.38. The number of H-pyrrole nitrogens is 1. The van der Waals surface area contributed by atoms with Crippen LogP contribution in [0.25, 0.3) is 10.9 Å². The Kier molecular flexibility index (Phi) is 3.71. The number of halogens is 2. The van der Waals surface area contributed by atoms with Gasteiger partial charge in [0.05, 0.1) is 34.0 Å². The number of aromatic nitrogens is 6. The molecule has 0 amide bonds. The lowest BCUT2D eigenvalue weighted by Gasteiger charge is -2.05. The van der Waals surface area contributed by atoms with Crippen molar-refractivity contribution in [3.8, 4) is 0 Å². The summed E-state index contributed by atoms with van der Waals surface area (Å²) >= 11 is 11.8. The molecule has 1 N–H and O–H groups in total. The van der Waals surface area contributed by atoms with Crippen LogP contribution in [0, 0.1) is 0 Å². The quantitative estimate of drug-likeness (QED) is 0.768. The lowest BCUT2D eigenvalue weighted by atomic mass is 10.2. The Labute approximate surface area is 133 Å². The third-order valence-electron chi connectivity index (χ3n) is 3.10. The van der Waals surface area contributed by atoms with Crippen LogP contribution in [-0.4, -0.2) is 29.8 Å². The SMILES string of the molecule is CCn1nnc(Cn2c(=O)[nH]c3cc(Cl)c(Cl)cc3c2=O)n1. The summed E-state index contributed by atoms with van der Waals surface area (Å²) in [5, 5.41) is 12.4. The van der Waals surface area contributed by atoms with Gasteiger partial charge in [-0.15, -0.1) is 10.2 Å². The monoisotopic (exact) mass is 340 g/mol. The third-order valence-corrected chi connectivity index (χ3v) is 3.82. The van der Waals surface area contributed by atoms with E-state index in [9.17, 15) is 9.59 Å². The average molecular weight is 341 g/mol. The third kappa shape index (κ3) is 2.51. The summed E-state index contributed by atoms with van der Waals surface area (Å²) in [6, 6.07) is 2.86. The first kappa shape index (κ1) is 14.7. The fourth-order valence-electron chi connectivity index (χ4n) is 2.01. The van der Waals surface area contributed by atoms with Gasteiger partial charge >= 0.3 is 5.69 Å². The number of nitrogens with zero attached hydrogens (tertiary/aromatic N) is 5. The van der Waals surface area contributed by atoms with Crippen LogP contribution in [0.3, 0.4) is 0 Å². The van der Waals surface area contributed by atoms with E-state index in [2.05, 4.69) is 20.4 Å². The molecule has 0 bridgehead atoms. The molecular formula is C12H10Cl2N6O2. The van der Waals surface area contributed by atoms with E-state index in [-0.39, 0.29) is 27.8 Å². The van der Waals surface area contributed by atoms with Gasteiger partial charge in [-0.1, -0.05) is 23.2 Å². The van der Waals surface area contributed by atoms with E-state index in [1.807, 2.05) is 6.92 Å². The zero-order valence-electron chi connectivity index (χ0n) is 11.4. The molecule has 3 rings (SSSR count). The lowest BCUT2D eigenvalue weighted by molar-refractivity contribution is 0.548. The highest BCUT2D eigenvalue weighted by molar-refractivity contribution is 6.42. The second kappa shape index (κ2) is 5.54. The van der Waals surface area contributed by atoms with Crippen LogP contribution in [0.15, 0.2) is 21.7 Å². The molecule has 0 spiro atoms. The fraction of sp³-hybridized carbons (Fsp3) is 0.250. The Hall–Kier alpha value is -2.19. The fourth-order valence-corrected chi connectivity index (χ4v) is 2.33. The topological polar surface area (TPSA) is 98.5 Å². The maximum atomic E-state index is 12.5. The molecule has 8 nitrogen and oxygen atoms in total. The van der Waals surface area contributed by atoms with Gasteiger partial charge in [-0.2, -0.15) is 4.80 Å². The van der Waals surface area contributed by atoms with Crippen molar-refractivity contribution in [2.45, 2.75) is 20.0 Å². The molecule has 0 radical (unpaired) electrons. The molecule has 3 aromatic rings. The minimum atomic E-state index is -0.580. The number of hydrogen-bond acceptors (Lipinski definition) is 5. The molecule has 0 saturated carbocycles. The number of benzene rings is 1. The summed E-state index contributed by atoms with van der Waals surface area (Å²) in [6.45, 7) is 2.32. The Morgan fingerprint density at radius 3 is 2.64 bits per heavy atom. The molecule has 2 heterocycles. The molecule has 0 fully saturated rings. The van der Waals surface area contributed by atoms with Gasteiger partial charge in [-0.3, -0.25) is 9.36 Å². The molecule has 114 valence electrons. The van der Waals surface area contributed by atoms with Crippen LogP contribution in [-0.2, 0) is 13.1 Å². The van der Waals surface area contributed by atoms with Crippen molar-refractivity contribution in [2.24, 2.45) is 0 Å². The van der Waals surface area contributed by atoms with Crippen LogP contribution in [0.4, 0.5) is 0 Å². The van der Waals surface area contributed by atoms with Gasteiger partial charge in [0.2, 0.25) is 0 Å². The Bertz CT molecular complexity index is 974. The van der Waals surface area contributed by atoms with Crippen molar-refractivity contribution in [2.75, 3.05) is 0 Å². The van der Waals surface area contributed by atoms with Gasteiger partial charge in [-0.25, -0.2) is 4.79 Å². The molecule has 0 aliphatic rings. The number of fused-ring (bicyclic) bond motifs is 1. The highest BCUT2D eigenvalue weighted by Crippen LogP contribution is 2.24. The second-order valence-electron chi connectivity index (χ2n) is 4.53. The van der Waals surface area contributed by atoms with Gasteiger partial charge < -0.3 is 4.98 Å². The zero-order valence-corrected chi connectivity index (χ0v) is 12.9. The van der Waals surface area contributed by atoms with E-state index in [1.165, 1.54) is 16.9 Å². The van der Waals surface area contributed by atoms with Crippen molar-refractivity contribution >= 4 is 34.1 Å². The maximum absolute atomic E-state index is 12.5. The highest BCUT2D eigenvalue weighted by Gasteiger charge is 2.12. The lowest BCUT2D eigenvalue weighted by Crippen LogP contribution is -2.35. The van der Waals surface area contributed by atoms with Crippen molar-refractivity contribution in [3.05, 3.63) is 48.8 Å². The average Bonchev–Trinajstić information content (AvgIpc) is 2.94. The molecule has 22 heavy (non-hydrogen) atoms. The first-order valence-corrected chi connectivity index (χ1v) is 7.13. The van der Waals surface area contributed by atoms with Gasteiger partial charge in [0.25, 0.3) is 5.56 Å². The number of nitrogens with one attached hydrogen (secondary N) is 1. The smallest absolute Gasteiger partial charge is 0.307 e. The summed E-state index contributed by atoms with van der Waals surface area (Å²) in [4.78, 5) is 28.5. The first-order chi connectivity index (χ1) is 10.5. The second-order valence-corrected chi connectivity index (χ2v) is 5.34. The van der Waals surface area contributed by atoms with Crippen molar-refractivity contribution in [1.82, 2.24) is 29.8 Å². The number of tetrazole rings is 1. The van der Waals surface area contributed by atoms with Gasteiger partial charge in [0.1, 0.15) is 0 Å². The van der Waals surface area contributed by atoms with E-state index >= 15 is 0 Å². The number of aryl methyl sites for hydroxylation is 1. The molecule has 0 atom stereocenters. The number of hydrogen-bond donors (Lipinski definition) is 1. The molecule has 1 aromatic carbocycles. The van der Waals surface area contributed by atoms with E-state index in [0.29, 0.717) is 12.1 Å². The summed E-state index contributed by atoms with van der Waals surface area (Å²) in [5.74, 6) is 0.272. The molecule has 0 aliphatic carbocycles. The van der Waals surface area contributed by atoms with E-state index in [1.54, 1.807) is 0 Å². The Morgan fingerprint density at radius 1 is 1.23 bits per heavy atom. The minimum absolute atomic E-state index is 0.0790. The van der Waals surface area contributed by atoms with Gasteiger partial charge in [0.15, 0.2) is 5.82 Å². The molecule has 2 aromatic heterocycles. The van der Waals surface area contributed by atoms with Crippen LogP contribution in [0.1, 0.15) is 12.7 Å². The van der Waals surface area contributed by atoms with Gasteiger partial charge in [0, 0.05) is 0 Å². The van der Waals surface area contributed by atoms with E-state index in [0.717, 1.165) is 4.57 Å². The van der Waals surface area contributed by atoms with Crippen molar-refractivity contribution in [1.29, 1.82) is 0 Å². The molecule has 0 saturated heterocycles. The van der Waals surface area contributed by atoms with Crippen LogP contribution < -0.4 is 11.2 Å². The van der Waals surface area contributed by atoms with Gasteiger partial charge in [-0.05, 0) is 24.3 Å². The van der Waals surface area contributed by atoms with Crippen molar-refractivity contribution in [3.63, 3.8) is 0 Å². The zero-order chi connectivity index (χ0) is 15.9. The summed E-state index contributed by atoms with van der Waals surface area (Å²) < 4.78 is 0.990. The molecular weight excluding hydrogens is 331 g/mol. The summed E-state index contributed by atoms with van der Waals surface area (Å²) in [5.41, 5.74) is -0.750. The normalized spacial score (nSPS) is 11.2. The van der Waals surface area contributed by atoms with Crippen LogP contribution in [0.2, 0.25) is 10.0 Å². The largest absolute Gasteiger partial charge is 0.329 e. The predicted molar refractivity (Wildman–Crippen MR) is 81.4 cm³/mol. The minimum Gasteiger partial charge on any atom is -0.307 e. The Morgan fingerprint density at radius 2 is 1.95 bits per heavy atom. The maximum Gasteiger partial charge on any atom is 0.329 e. The molecule has 0 unspecified atom stereocenters. The molecule has 10 heteroatoms. The summed E-state index contributed by atoms with van der Waals surface area (Å²) in [6.07, 6.45) is 0. The number of aromatic amines is 1. The molecule has 0 aliphatic heterocycles. The van der Waals surface area contributed by atoms with Crippen molar-refractivity contribution < 1.29 is 0 Å². The Balaban J connectivity index is 2.15. The van der Waals surface area contributed by atoms with E-state index in [4.69, 9.17) is 23.2 Å². The predicted octanol–water partition coefficient (Wildman–Crippen LogP) is 1.05. The highest BCUT2D eigenvalue weighted by atomic mass is 35.5. The summed E-state index contributed by atoms with van der Waals surface area (Å²) in [7, 11) is 0. The van der Waals surface area contributed by atoms with Crippen LogP contribution >= 0.6 is 23.2 Å². The number of rotatable bonds is 3. The van der Waals surface area contributed by atoms with E-state index < -0.39 is 11.2 Å². The van der Waals surface area contributed by atoms with Crippen LogP contribution in [0.5, 0.6) is 0 Å². The standard InChI is InChI=1S/C12H10Cl2N6O2/c1-2-20-17-10(16-18-20)5-19-11(21)6-3-7(13)8(14)4-9(6)15-12(19)22/h3-4H,2,5H2,1H3,(H,15,22).